The van der Waals surface area contributed by atoms with Crippen LogP contribution in [0.3, 0.4) is 0 Å². The minimum absolute atomic E-state index is 0.0155. The van der Waals surface area contributed by atoms with Crippen LogP contribution in [-0.2, 0) is 62.1 Å². The molecular weight excluding hydrogens is 1230 g/mol. The topological polar surface area (TPSA) is 160 Å². The van der Waals surface area contributed by atoms with E-state index in [2.05, 4.69) is 9.97 Å². The molecule has 93 heavy (non-hydrogen) atoms. The van der Waals surface area contributed by atoms with Gasteiger partial charge in [0.25, 0.3) is 0 Å². The van der Waals surface area contributed by atoms with Crippen LogP contribution in [0.5, 0.6) is 11.8 Å². The Morgan fingerprint density at radius 1 is 0.495 bits per heavy atom. The normalized spacial score (nSPS) is 16.8. The molecule has 0 spiro atoms. The molecule has 2 aliphatic heterocycles. The Bertz CT molecular complexity index is 4150. The molecule has 0 bridgehead atoms. The molecule has 6 heterocycles. The van der Waals surface area contributed by atoms with E-state index < -0.39 is 70.8 Å². The highest BCUT2D eigenvalue weighted by Gasteiger charge is 2.36. The van der Waals surface area contributed by atoms with Crippen LogP contribution < -0.4 is 9.47 Å². The zero-order valence-electron chi connectivity index (χ0n) is 49.4. The molecule has 25 heteroatoms. The van der Waals surface area contributed by atoms with Crippen molar-refractivity contribution in [1.29, 1.82) is 0 Å². The predicted molar refractivity (Wildman–Crippen MR) is 316 cm³/mol. The van der Waals surface area contributed by atoms with Crippen LogP contribution in [0.4, 0.5) is 43.9 Å². The van der Waals surface area contributed by atoms with Crippen LogP contribution in [0.1, 0.15) is 77.8 Å². The molecule has 0 unspecified atom stereocenters. The summed E-state index contributed by atoms with van der Waals surface area (Å²) in [4.78, 5) is 46.6. The van der Waals surface area contributed by atoms with Gasteiger partial charge in [0.1, 0.15) is 48.1 Å². The maximum absolute atomic E-state index is 16.3. The fourth-order valence-electron chi connectivity index (χ4n) is 11.6. The number of alkyl halides is 6. The standard InChI is InChI=1S/C68H54F10N6O9/c1-87-31-43-33-89-35-59(43)83-57-23-39(13-19-55(57)79-61(83)25-41-21-51(71)47(27-49(41)69)53-5-3-7-63(81-53)91-29-37-9-15-45(16-10-37)67(73,74)75)65(85)93-66(86)40-14-20-56-58(24-40)84(60-36-90-34-44(60)32-88-2)62(80-56)26-42-22-52(72)48(28-50(42)70)54-6-4-8-64(82-54)92-30-38-11-17-46(18-12-38)68(76,77)78/h3-24,27-28,43-44,59-60H,25-26,29-36H2,1-2H3/t43-,44-,59+,60+/m0/s1. The summed E-state index contributed by atoms with van der Waals surface area (Å²) in [5.41, 5.74) is 0.121. The summed E-state index contributed by atoms with van der Waals surface area (Å²) in [6.07, 6.45) is -9.50. The number of hydrogen-bond acceptors (Lipinski definition) is 13. The van der Waals surface area contributed by atoms with Crippen molar-refractivity contribution in [2.45, 2.75) is 50.5 Å². The maximum Gasteiger partial charge on any atom is 0.416 e. The number of rotatable bonds is 20. The van der Waals surface area contributed by atoms with E-state index in [0.29, 0.717) is 33.2 Å². The Morgan fingerprint density at radius 3 is 1.29 bits per heavy atom. The van der Waals surface area contributed by atoms with Crippen LogP contribution in [0.15, 0.2) is 146 Å². The highest BCUT2D eigenvalue weighted by Crippen LogP contribution is 2.38. The van der Waals surface area contributed by atoms with E-state index in [-0.39, 0.29) is 146 Å². The van der Waals surface area contributed by atoms with Crippen molar-refractivity contribution in [3.63, 3.8) is 0 Å². The summed E-state index contributed by atoms with van der Waals surface area (Å²) in [6.45, 7) is 1.11. The first kappa shape index (κ1) is 63.6. The highest BCUT2D eigenvalue weighted by molar-refractivity contribution is 6.05. The van der Waals surface area contributed by atoms with Crippen molar-refractivity contribution in [1.82, 2.24) is 29.1 Å². The lowest BCUT2D eigenvalue weighted by molar-refractivity contribution is -0.138. The molecule has 4 atom stereocenters. The van der Waals surface area contributed by atoms with Gasteiger partial charge in [-0.1, -0.05) is 36.4 Å². The van der Waals surface area contributed by atoms with Crippen LogP contribution in [0, 0.1) is 35.1 Å². The largest absolute Gasteiger partial charge is 0.473 e. The Balaban J connectivity index is 0.783. The lowest BCUT2D eigenvalue weighted by atomic mass is 10.0. The number of halogens is 10. The molecular formula is C68H54F10N6O9. The van der Waals surface area contributed by atoms with Gasteiger partial charge in [-0.25, -0.2) is 47.1 Å². The lowest BCUT2D eigenvalue weighted by Crippen LogP contribution is -2.23. The summed E-state index contributed by atoms with van der Waals surface area (Å²) in [5, 5.41) is 0. The molecule has 15 nitrogen and oxygen atoms in total. The SMILES string of the molecule is COC[C@H]1COC[C@H]1n1c(Cc2cc(F)c(-c3cccc(OCc4ccc(C(F)(F)F)cc4)n3)cc2F)nc2ccc(C(=O)OC(=O)c3ccc4nc(Cc5cc(F)c(-c6cccc(OCc7ccc(C(F)(F)F)cc7)n6)cc5F)n([C@@H]5COC[C@@H]5COC)c4c3)cc21. The highest BCUT2D eigenvalue weighted by atomic mass is 19.4. The summed E-state index contributed by atoms with van der Waals surface area (Å²) in [5.74, 6) is -5.21. The smallest absolute Gasteiger partial charge is 0.416 e. The second-order valence-electron chi connectivity index (χ2n) is 22.4. The number of benzene rings is 6. The Morgan fingerprint density at radius 2 is 0.903 bits per heavy atom. The van der Waals surface area contributed by atoms with Crippen molar-refractivity contribution in [2.24, 2.45) is 11.8 Å². The number of fused-ring (bicyclic) bond motifs is 2. The Hall–Kier alpha value is -9.56. The summed E-state index contributed by atoms with van der Waals surface area (Å²) in [7, 11) is 3.06. The minimum Gasteiger partial charge on any atom is -0.473 e. The minimum atomic E-state index is -4.51. The average Bonchev–Trinajstić information content (AvgIpc) is 1.66. The first-order valence-electron chi connectivity index (χ1n) is 29.1. The van der Waals surface area contributed by atoms with Crippen molar-refractivity contribution >= 4 is 34.0 Å². The van der Waals surface area contributed by atoms with Crippen molar-refractivity contribution in [3.8, 4) is 34.3 Å². The maximum atomic E-state index is 16.3. The van der Waals surface area contributed by atoms with Gasteiger partial charge in [-0.3, -0.25) is 0 Å². The summed E-state index contributed by atoms with van der Waals surface area (Å²) < 4.78 is 187. The van der Waals surface area contributed by atoms with Gasteiger partial charge in [0.05, 0.1) is 107 Å². The van der Waals surface area contributed by atoms with Gasteiger partial charge < -0.3 is 42.3 Å². The van der Waals surface area contributed by atoms with Crippen LogP contribution >= 0.6 is 0 Å². The van der Waals surface area contributed by atoms with Crippen molar-refractivity contribution in [2.75, 3.05) is 53.9 Å². The zero-order valence-corrected chi connectivity index (χ0v) is 49.4. The van der Waals surface area contributed by atoms with E-state index in [4.69, 9.17) is 43.1 Å². The van der Waals surface area contributed by atoms with Gasteiger partial charge in [-0.05, 0) is 119 Å². The summed E-state index contributed by atoms with van der Waals surface area (Å²) >= 11 is 0. The van der Waals surface area contributed by atoms with Crippen molar-refractivity contribution < 1.29 is 86.7 Å². The number of carbonyl (C=O) groups is 2. The zero-order chi connectivity index (χ0) is 65.3. The van der Waals surface area contributed by atoms with Gasteiger partial charge in [0.15, 0.2) is 0 Å². The molecule has 6 aromatic carbocycles. The second-order valence-corrected chi connectivity index (χ2v) is 22.4. The van der Waals surface area contributed by atoms with Crippen LogP contribution in [-0.4, -0.2) is 94.9 Å². The Kier molecular flexibility index (Phi) is 18.2. The number of methoxy groups -OCH3 is 2. The number of hydrogen-bond donors (Lipinski definition) is 0. The van der Waals surface area contributed by atoms with E-state index in [1.807, 2.05) is 0 Å². The van der Waals surface area contributed by atoms with Crippen LogP contribution in [0.2, 0.25) is 0 Å². The first-order chi connectivity index (χ1) is 44.7. The number of aromatic nitrogens is 6. The van der Waals surface area contributed by atoms with E-state index in [0.717, 1.165) is 48.5 Å². The first-order valence-corrected chi connectivity index (χ1v) is 29.1. The fraction of sp³-hybridized carbons (Fsp3) is 0.265. The molecule has 2 saturated heterocycles. The number of pyridine rings is 2. The second kappa shape index (κ2) is 26.6. The van der Waals surface area contributed by atoms with Gasteiger partial charge in [0.2, 0.25) is 11.8 Å². The van der Waals surface area contributed by atoms with E-state index in [9.17, 15) is 35.9 Å². The molecule has 4 aromatic heterocycles. The number of imidazole rings is 2. The van der Waals surface area contributed by atoms with Crippen LogP contribution in [0.25, 0.3) is 44.6 Å². The molecule has 0 aliphatic carbocycles. The van der Waals surface area contributed by atoms with Gasteiger partial charge in [-0.2, -0.15) is 26.3 Å². The number of nitrogens with zero attached hydrogens (tertiary/aromatic N) is 6. The third-order valence-corrected chi connectivity index (χ3v) is 16.2. The van der Waals surface area contributed by atoms with E-state index in [1.165, 1.54) is 111 Å². The van der Waals surface area contributed by atoms with E-state index in [1.54, 1.807) is 9.13 Å². The number of esters is 2. The van der Waals surface area contributed by atoms with Gasteiger partial charge in [-0.15, -0.1) is 0 Å². The average molecular weight is 1290 g/mol. The fourth-order valence-corrected chi connectivity index (χ4v) is 11.6. The molecule has 480 valence electrons. The molecule has 0 N–H and O–H groups in total. The molecule has 0 saturated carbocycles. The molecule has 2 aliphatic rings. The number of ether oxygens (including phenoxy) is 7. The molecule has 2 fully saturated rings. The monoisotopic (exact) mass is 1290 g/mol. The molecule has 0 amide bonds. The third kappa shape index (κ3) is 13.8. The lowest BCUT2D eigenvalue weighted by Gasteiger charge is -2.22. The number of carbonyl (C=O) groups excluding carboxylic acids is 2. The quantitative estimate of drug-likeness (QED) is 0.0403. The van der Waals surface area contributed by atoms with Gasteiger partial charge in [0, 0.05) is 62.2 Å². The van der Waals surface area contributed by atoms with E-state index >= 15 is 17.6 Å². The molecule has 12 rings (SSSR count). The molecule has 0 radical (unpaired) electrons. The third-order valence-electron chi connectivity index (χ3n) is 16.2. The Labute approximate surface area is 523 Å². The van der Waals surface area contributed by atoms with Gasteiger partial charge >= 0.3 is 24.3 Å². The predicted octanol–water partition coefficient (Wildman–Crippen LogP) is 14.1. The molecule has 10 aromatic rings. The van der Waals surface area contributed by atoms with Crippen molar-refractivity contribution in [3.05, 3.63) is 225 Å². The summed E-state index contributed by atoms with van der Waals surface area (Å²) in [6, 6.07) is 29.6.